The summed E-state index contributed by atoms with van der Waals surface area (Å²) in [4.78, 5) is 23.1. The van der Waals surface area contributed by atoms with Gasteiger partial charge in [-0.2, -0.15) is 0 Å². The third kappa shape index (κ3) is 3.82. The second kappa shape index (κ2) is 8.22. The number of methoxy groups -OCH3 is 1. The predicted molar refractivity (Wildman–Crippen MR) is 119 cm³/mol. The van der Waals surface area contributed by atoms with Crippen molar-refractivity contribution in [3.05, 3.63) is 24.3 Å². The predicted octanol–water partition coefficient (Wildman–Crippen LogP) is 4.20. The molecule has 2 heterocycles. The molecule has 6 nitrogen and oxygen atoms in total. The number of carbonyl (C=O) groups excluding carboxylic acids is 1. The number of hydrogen-bond acceptors (Lipinski definition) is 4. The highest BCUT2D eigenvalue weighted by Crippen LogP contribution is 2.40. The summed E-state index contributed by atoms with van der Waals surface area (Å²) in [5.41, 5.74) is 0.502. The molecule has 1 aromatic rings. The summed E-state index contributed by atoms with van der Waals surface area (Å²) in [6.07, 6.45) is 10.8. The molecule has 2 amide bonds. The Morgan fingerprint density at radius 1 is 1.17 bits per heavy atom. The van der Waals surface area contributed by atoms with E-state index in [0.29, 0.717) is 6.04 Å². The zero-order valence-corrected chi connectivity index (χ0v) is 18.1. The van der Waals surface area contributed by atoms with Crippen molar-refractivity contribution in [3.63, 3.8) is 0 Å². The lowest BCUT2D eigenvalue weighted by molar-refractivity contribution is 0.176. The van der Waals surface area contributed by atoms with Crippen molar-refractivity contribution in [1.82, 2.24) is 10.2 Å². The molecule has 1 unspecified atom stereocenters. The molecule has 2 aliphatic heterocycles. The lowest BCUT2D eigenvalue weighted by Gasteiger charge is -2.45. The van der Waals surface area contributed by atoms with Crippen LogP contribution in [0.3, 0.4) is 0 Å². The lowest BCUT2D eigenvalue weighted by Crippen LogP contribution is -2.60. The number of rotatable bonds is 5. The molecule has 6 heteroatoms. The van der Waals surface area contributed by atoms with Crippen molar-refractivity contribution in [2.45, 2.75) is 69.4 Å². The monoisotopic (exact) mass is 410 g/mol. The number of amidine groups is 1. The Labute approximate surface area is 179 Å². The molecular weight excluding hydrogens is 376 g/mol. The van der Waals surface area contributed by atoms with Crippen molar-refractivity contribution in [1.29, 1.82) is 0 Å². The van der Waals surface area contributed by atoms with E-state index in [1.165, 1.54) is 32.1 Å². The van der Waals surface area contributed by atoms with Crippen LogP contribution in [0.15, 0.2) is 29.3 Å². The molecule has 4 fully saturated rings. The number of anilines is 1. The minimum absolute atomic E-state index is 0.0499. The van der Waals surface area contributed by atoms with Crippen molar-refractivity contribution in [3.8, 4) is 5.75 Å². The fourth-order valence-electron chi connectivity index (χ4n) is 5.55. The van der Waals surface area contributed by atoms with Crippen LogP contribution in [0, 0.1) is 5.92 Å². The number of carbonyl (C=O) groups is 1. The van der Waals surface area contributed by atoms with Crippen molar-refractivity contribution < 1.29 is 9.53 Å². The number of piperidine rings is 1. The first kappa shape index (κ1) is 19.9. The summed E-state index contributed by atoms with van der Waals surface area (Å²) in [5, 5.41) is 3.21. The highest BCUT2D eigenvalue weighted by molar-refractivity contribution is 6.19. The Kier molecular flexibility index (Phi) is 5.44. The maximum absolute atomic E-state index is 13.3. The van der Waals surface area contributed by atoms with E-state index in [-0.39, 0.29) is 6.03 Å². The minimum atomic E-state index is -0.395. The molecule has 0 radical (unpaired) electrons. The van der Waals surface area contributed by atoms with Crippen LogP contribution in [0.1, 0.15) is 57.8 Å². The average Bonchev–Trinajstić information content (AvgIpc) is 3.54. The zero-order chi connectivity index (χ0) is 20.6. The van der Waals surface area contributed by atoms with Gasteiger partial charge in [0.05, 0.1) is 18.8 Å². The molecule has 162 valence electrons. The highest BCUT2D eigenvalue weighted by atomic mass is 16.5. The van der Waals surface area contributed by atoms with E-state index in [0.717, 1.165) is 68.5 Å². The Morgan fingerprint density at radius 2 is 2.00 bits per heavy atom. The normalized spacial score (nSPS) is 29.6. The van der Waals surface area contributed by atoms with Gasteiger partial charge in [-0.05, 0) is 63.1 Å². The first-order valence-corrected chi connectivity index (χ1v) is 11.7. The van der Waals surface area contributed by atoms with Crippen LogP contribution in [0.5, 0.6) is 5.75 Å². The molecule has 2 saturated carbocycles. The number of hydrogen-bond donors (Lipinski definition) is 1. The number of nitrogens with zero attached hydrogens (tertiary/aromatic N) is 3. The van der Waals surface area contributed by atoms with Gasteiger partial charge in [-0.3, -0.25) is 15.2 Å². The van der Waals surface area contributed by atoms with Gasteiger partial charge in [0.1, 0.15) is 17.1 Å². The van der Waals surface area contributed by atoms with Gasteiger partial charge in [-0.1, -0.05) is 25.3 Å². The number of likely N-dealkylation sites (tertiary alicyclic amines) is 1. The third-order valence-corrected chi connectivity index (χ3v) is 7.26. The van der Waals surface area contributed by atoms with Crippen molar-refractivity contribution >= 4 is 17.6 Å². The zero-order valence-electron chi connectivity index (χ0n) is 18.1. The maximum atomic E-state index is 13.3. The van der Waals surface area contributed by atoms with Gasteiger partial charge in [0.2, 0.25) is 0 Å². The van der Waals surface area contributed by atoms with E-state index in [9.17, 15) is 4.79 Å². The summed E-state index contributed by atoms with van der Waals surface area (Å²) in [5.74, 6) is 2.52. The number of amides is 2. The quantitative estimate of drug-likeness (QED) is 0.791. The first-order chi connectivity index (χ1) is 14.7. The van der Waals surface area contributed by atoms with Crippen molar-refractivity contribution in [2.75, 3.05) is 31.6 Å². The van der Waals surface area contributed by atoms with Crippen LogP contribution in [-0.4, -0.2) is 55.1 Å². The molecule has 2 aliphatic carbocycles. The number of nitrogens with one attached hydrogen (secondary N) is 1. The molecule has 1 N–H and O–H groups in total. The molecule has 30 heavy (non-hydrogen) atoms. The van der Waals surface area contributed by atoms with E-state index >= 15 is 0 Å². The van der Waals surface area contributed by atoms with E-state index in [4.69, 9.17) is 9.73 Å². The molecule has 5 rings (SSSR count). The number of ether oxygens (including phenoxy) is 1. The van der Waals surface area contributed by atoms with Crippen LogP contribution < -0.4 is 15.0 Å². The second-order valence-corrected chi connectivity index (χ2v) is 9.55. The summed E-state index contributed by atoms with van der Waals surface area (Å²) in [6.45, 7) is 3.14. The molecular formula is C24H34N4O2. The Bertz CT molecular complexity index is 815. The SMILES string of the molecule is COc1cccc(N2C(=O)NC(=NC3CCCCC3)C23CCCN(CC2CC2)C3)c1. The van der Waals surface area contributed by atoms with Gasteiger partial charge >= 0.3 is 6.03 Å². The standard InChI is InChI=1S/C24H34N4O2/c1-30-21-10-5-9-20(15-21)28-23(29)26-22(25-19-7-3-2-4-8-19)24(28)13-6-14-27(17-24)16-18-11-12-18/h5,9-10,15,18-19H,2-4,6-8,11-14,16-17H2,1H3,(H,25,26,29). The van der Waals surface area contributed by atoms with Crippen LogP contribution in [0.2, 0.25) is 0 Å². The van der Waals surface area contributed by atoms with Crippen molar-refractivity contribution in [2.24, 2.45) is 10.9 Å². The van der Waals surface area contributed by atoms with E-state index in [1.807, 2.05) is 29.2 Å². The molecule has 4 aliphatic rings. The molecule has 1 atom stereocenters. The minimum Gasteiger partial charge on any atom is -0.497 e. The van der Waals surface area contributed by atoms with Crippen LogP contribution in [0.25, 0.3) is 0 Å². The fourth-order valence-corrected chi connectivity index (χ4v) is 5.55. The number of benzene rings is 1. The van der Waals surface area contributed by atoms with Crippen LogP contribution >= 0.6 is 0 Å². The van der Waals surface area contributed by atoms with Gasteiger partial charge in [-0.15, -0.1) is 0 Å². The average molecular weight is 411 g/mol. The Morgan fingerprint density at radius 3 is 2.77 bits per heavy atom. The first-order valence-electron chi connectivity index (χ1n) is 11.7. The number of urea groups is 1. The molecule has 0 aromatic heterocycles. The smallest absolute Gasteiger partial charge is 0.328 e. The summed E-state index contributed by atoms with van der Waals surface area (Å²) < 4.78 is 5.46. The lowest BCUT2D eigenvalue weighted by atomic mass is 9.85. The molecule has 0 bridgehead atoms. The van der Waals surface area contributed by atoms with Gasteiger partial charge in [-0.25, -0.2) is 4.79 Å². The maximum Gasteiger partial charge on any atom is 0.328 e. The van der Waals surface area contributed by atoms with Crippen LogP contribution in [0.4, 0.5) is 10.5 Å². The van der Waals surface area contributed by atoms with Gasteiger partial charge in [0.15, 0.2) is 0 Å². The van der Waals surface area contributed by atoms with E-state index < -0.39 is 5.54 Å². The Hall–Kier alpha value is -2.08. The number of aliphatic imine (C=N–C) groups is 1. The van der Waals surface area contributed by atoms with Gasteiger partial charge in [0.25, 0.3) is 0 Å². The fraction of sp³-hybridized carbons (Fsp3) is 0.667. The largest absolute Gasteiger partial charge is 0.497 e. The summed E-state index contributed by atoms with van der Waals surface area (Å²) >= 11 is 0. The van der Waals surface area contributed by atoms with E-state index in [2.05, 4.69) is 10.2 Å². The molecule has 1 spiro atoms. The van der Waals surface area contributed by atoms with E-state index in [1.54, 1.807) is 7.11 Å². The summed E-state index contributed by atoms with van der Waals surface area (Å²) in [7, 11) is 1.67. The second-order valence-electron chi connectivity index (χ2n) is 9.55. The summed E-state index contributed by atoms with van der Waals surface area (Å²) in [6, 6.07) is 8.19. The van der Waals surface area contributed by atoms with Crippen LogP contribution in [-0.2, 0) is 0 Å². The van der Waals surface area contributed by atoms with Gasteiger partial charge in [0, 0.05) is 19.2 Å². The third-order valence-electron chi connectivity index (χ3n) is 7.26. The highest BCUT2D eigenvalue weighted by Gasteiger charge is 2.54. The molecule has 1 aromatic carbocycles. The Balaban J connectivity index is 1.52. The topological polar surface area (TPSA) is 57.2 Å². The van der Waals surface area contributed by atoms with Gasteiger partial charge < -0.3 is 9.64 Å². The molecule has 2 saturated heterocycles.